The van der Waals surface area contributed by atoms with E-state index in [1.54, 1.807) is 40.9 Å². The highest BCUT2D eigenvalue weighted by Gasteiger charge is 2.57. The van der Waals surface area contributed by atoms with E-state index in [2.05, 4.69) is 34.0 Å². The SMILES string of the molecule is C=C[C@H]1[C@H](O[C@@H]2O[C@H](CO)[C@@H](O)C(O)(O)[C@H]2OCNC)OC=C2C(=O)O[C@@H]3CCC[C@H]3CSS[C@H]3CC#C/C(=C\C4=C(NC(N)=NCCCO)C(C(=O)O)=C[NH+](C4)[C@H]3CO)[C@H]21. The molecule has 12 atom stereocenters. The molecule has 19 nitrogen and oxygen atoms in total. The number of hydrogen-bond acceptors (Lipinski definition) is 17. The second-order valence-corrected chi connectivity index (χ2v) is 18.1. The Morgan fingerprint density at radius 3 is 2.74 bits per heavy atom. The van der Waals surface area contributed by atoms with Crippen LogP contribution in [0.4, 0.5) is 0 Å². The van der Waals surface area contributed by atoms with Gasteiger partial charge in [0.1, 0.15) is 42.7 Å². The second-order valence-electron chi connectivity index (χ2n) is 15.5. The lowest BCUT2D eigenvalue weighted by Crippen LogP contribution is -3.14. The molecule has 336 valence electrons. The molecule has 0 aromatic rings. The molecule has 1 unspecified atom stereocenters. The van der Waals surface area contributed by atoms with Crippen molar-refractivity contribution in [3.05, 3.63) is 59.2 Å². The number of carbonyl (C=O) groups excluding carboxylic acids is 1. The molecule has 1 aliphatic carbocycles. The molecule has 21 heteroatoms. The van der Waals surface area contributed by atoms with Crippen LogP contribution >= 0.6 is 21.6 Å². The number of aliphatic hydroxyl groups excluding tert-OH is 4. The van der Waals surface area contributed by atoms with Crippen molar-refractivity contribution in [1.29, 1.82) is 0 Å². The molecule has 1 saturated heterocycles. The van der Waals surface area contributed by atoms with Gasteiger partial charge in [-0.2, -0.15) is 0 Å². The molecule has 61 heavy (non-hydrogen) atoms. The van der Waals surface area contributed by atoms with Crippen LogP contribution in [0.1, 0.15) is 32.1 Å². The van der Waals surface area contributed by atoms with Gasteiger partial charge in [0.2, 0.25) is 12.1 Å². The topological polar surface area (TPSA) is 289 Å². The first-order valence-corrected chi connectivity index (χ1v) is 22.6. The van der Waals surface area contributed by atoms with E-state index in [-0.39, 0.29) is 73.4 Å². The quantitative estimate of drug-likeness (QED) is 0.0134. The maximum absolute atomic E-state index is 14.4. The third-order valence-electron chi connectivity index (χ3n) is 11.5. The molecule has 5 aliphatic heterocycles. The zero-order valence-electron chi connectivity index (χ0n) is 33.7. The van der Waals surface area contributed by atoms with Crippen molar-refractivity contribution in [3.8, 4) is 11.8 Å². The summed E-state index contributed by atoms with van der Waals surface area (Å²) in [5, 5.41) is 79.1. The number of carboxylic acids is 1. The number of ether oxygens (including phenoxy) is 5. The number of esters is 1. The number of guanidine groups is 1. The summed E-state index contributed by atoms with van der Waals surface area (Å²) in [6, 6.07) is -0.481. The molecule has 0 amide bonds. The maximum atomic E-state index is 14.4. The molecule has 1 saturated carbocycles. The van der Waals surface area contributed by atoms with Gasteiger partial charge in [-0.3, -0.25) is 15.2 Å². The van der Waals surface area contributed by atoms with Crippen molar-refractivity contribution in [2.75, 3.05) is 52.4 Å². The Labute approximate surface area is 361 Å². The van der Waals surface area contributed by atoms with E-state index in [9.17, 15) is 45.3 Å². The molecule has 0 aromatic heterocycles. The highest BCUT2D eigenvalue weighted by molar-refractivity contribution is 8.77. The molecule has 5 heterocycles. The lowest BCUT2D eigenvalue weighted by atomic mass is 9.77. The van der Waals surface area contributed by atoms with Gasteiger partial charge < -0.3 is 70.5 Å². The van der Waals surface area contributed by atoms with Crippen LogP contribution in [0, 0.1) is 29.6 Å². The molecular formula is C40H56N5O14S2+. The first-order chi connectivity index (χ1) is 29.4. The van der Waals surface area contributed by atoms with E-state index >= 15 is 0 Å². The number of carboxylic acid groups (broad SMARTS) is 1. The van der Waals surface area contributed by atoms with E-state index < -0.39 is 79.2 Å². The lowest BCUT2D eigenvalue weighted by Gasteiger charge is -2.47. The van der Waals surface area contributed by atoms with E-state index in [1.165, 1.54) is 12.3 Å². The summed E-state index contributed by atoms with van der Waals surface area (Å²) in [6.07, 6.45) is 0.120. The third-order valence-corrected chi connectivity index (χ3v) is 14.5. The fourth-order valence-corrected chi connectivity index (χ4v) is 11.6. The Morgan fingerprint density at radius 1 is 1.23 bits per heavy atom. The third kappa shape index (κ3) is 10.5. The Balaban J connectivity index is 1.52. The van der Waals surface area contributed by atoms with Crippen LogP contribution in [0.15, 0.2) is 64.2 Å². The van der Waals surface area contributed by atoms with Gasteiger partial charge in [0, 0.05) is 48.3 Å². The molecule has 12 N–H and O–H groups in total. The average molecular weight is 895 g/mol. The number of fused-ring (bicyclic) bond motifs is 8. The number of nitrogens with zero attached hydrogens (tertiary/aromatic N) is 1. The number of allylic oxidation sites excluding steroid dienone is 1. The molecule has 6 rings (SSSR count). The number of rotatable bonds is 13. The van der Waals surface area contributed by atoms with Crippen LogP contribution in [0.25, 0.3) is 0 Å². The Bertz CT molecular complexity index is 1850. The second kappa shape index (κ2) is 21.3. The van der Waals surface area contributed by atoms with Crippen LogP contribution in [0.3, 0.4) is 0 Å². The van der Waals surface area contributed by atoms with Crippen molar-refractivity contribution in [3.63, 3.8) is 0 Å². The predicted molar refractivity (Wildman–Crippen MR) is 221 cm³/mol. The van der Waals surface area contributed by atoms with Crippen LogP contribution in [0.2, 0.25) is 0 Å². The van der Waals surface area contributed by atoms with Gasteiger partial charge in [-0.1, -0.05) is 39.5 Å². The smallest absolute Gasteiger partial charge is 0.343 e. The van der Waals surface area contributed by atoms with Gasteiger partial charge >= 0.3 is 11.9 Å². The summed E-state index contributed by atoms with van der Waals surface area (Å²) in [6.45, 7) is 2.94. The summed E-state index contributed by atoms with van der Waals surface area (Å²) < 4.78 is 30.1. The van der Waals surface area contributed by atoms with Crippen molar-refractivity contribution in [2.24, 2.45) is 28.5 Å². The molecule has 0 spiro atoms. The van der Waals surface area contributed by atoms with E-state index in [4.69, 9.17) is 29.4 Å². The maximum Gasteiger partial charge on any atom is 0.343 e. The Kier molecular flexibility index (Phi) is 16.4. The number of carbonyl (C=O) groups is 2. The number of aliphatic carboxylic acids is 1. The van der Waals surface area contributed by atoms with Gasteiger partial charge in [-0.25, -0.2) is 9.59 Å². The summed E-state index contributed by atoms with van der Waals surface area (Å²) in [5.41, 5.74) is 7.00. The van der Waals surface area contributed by atoms with Crippen LogP contribution in [-0.4, -0.2) is 160 Å². The standard InChI is InChI=1S/C40H55N5O14S2/c1-3-24-31-21-7-5-10-30(27(16-47)45-14-23(13-21)32(25(15-45)35(50)51)44-39(41)43-11-6-12-46)61-60-19-22-8-4-9-28(22)57-36(52)26(31)18-55-37(24)59-38-34(56-20-42-2)40(53,54)33(49)29(17-48)58-38/h3,13,15,18,22,24,27-31,33-34,37-38,42,46-49,53-54H,1,4,6,8-12,14,16-17,19-20H2,2H3,(H,50,51)(H3,41,43,44)/p+1/b21-13+/t22-,24+,27-,28+,29+,30-,31-,33+,34-,37-,38-/m0/s1. The van der Waals surface area contributed by atoms with Gasteiger partial charge in [0.25, 0.3) is 0 Å². The molecule has 0 radical (unpaired) electrons. The number of nitrogens with one attached hydrogen (secondary N) is 3. The number of aliphatic imine (C=N–C) groups is 1. The molecule has 0 aromatic carbocycles. The van der Waals surface area contributed by atoms with E-state index in [0.717, 1.165) is 12.8 Å². The largest absolute Gasteiger partial charge is 0.477 e. The minimum atomic E-state index is -2.97. The summed E-state index contributed by atoms with van der Waals surface area (Å²) >= 11 is 0. The highest BCUT2D eigenvalue weighted by atomic mass is 33.1. The van der Waals surface area contributed by atoms with Crippen LogP contribution < -0.4 is 21.3 Å². The molecular weight excluding hydrogens is 839 g/mol. The van der Waals surface area contributed by atoms with Crippen molar-refractivity contribution in [1.82, 2.24) is 10.6 Å². The van der Waals surface area contributed by atoms with E-state index in [0.29, 0.717) is 34.6 Å². The number of aliphatic hydroxyl groups is 6. The first-order valence-electron chi connectivity index (χ1n) is 20.2. The van der Waals surface area contributed by atoms with Crippen LogP contribution in [-0.2, 0) is 33.3 Å². The summed E-state index contributed by atoms with van der Waals surface area (Å²) in [5.74, 6) is 0.185. The minimum Gasteiger partial charge on any atom is -0.477 e. The Hall–Kier alpha value is -3.47. The van der Waals surface area contributed by atoms with Gasteiger partial charge in [-0.15, -0.1) is 6.58 Å². The monoisotopic (exact) mass is 894 g/mol. The summed E-state index contributed by atoms with van der Waals surface area (Å²) in [4.78, 5) is 32.4. The summed E-state index contributed by atoms with van der Waals surface area (Å²) in [7, 11) is 4.71. The van der Waals surface area contributed by atoms with Crippen molar-refractivity contribution in [2.45, 2.75) is 86.2 Å². The van der Waals surface area contributed by atoms with Crippen LogP contribution in [0.5, 0.6) is 0 Å². The number of nitrogens with two attached hydrogens (primary N) is 1. The lowest BCUT2D eigenvalue weighted by molar-refractivity contribution is -0.870. The van der Waals surface area contributed by atoms with Crippen molar-refractivity contribution < 1.29 is 73.9 Å². The first kappa shape index (κ1) is 47.0. The Morgan fingerprint density at radius 2 is 2.03 bits per heavy atom. The number of hydrogen-bond donors (Lipinski definition) is 11. The van der Waals surface area contributed by atoms with Crippen molar-refractivity contribution >= 4 is 39.5 Å². The van der Waals surface area contributed by atoms with Gasteiger partial charge in [0.05, 0.1) is 48.6 Å². The normalized spacial score (nSPS) is 36.0. The molecule has 2 fully saturated rings. The van der Waals surface area contributed by atoms with Gasteiger partial charge in [-0.05, 0) is 38.8 Å². The average Bonchev–Trinajstić information content (AvgIpc) is 3.67. The zero-order valence-corrected chi connectivity index (χ0v) is 35.3. The highest BCUT2D eigenvalue weighted by Crippen LogP contribution is 2.43. The predicted octanol–water partition coefficient (Wildman–Crippen LogP) is -2.44. The van der Waals surface area contributed by atoms with E-state index in [1.807, 2.05) is 0 Å². The fraction of sp³-hybridized carbons (Fsp3) is 0.625. The zero-order chi connectivity index (χ0) is 43.8. The molecule has 4 bridgehead atoms. The fourth-order valence-electron chi connectivity index (χ4n) is 8.34. The molecule has 6 aliphatic rings. The van der Waals surface area contributed by atoms with Gasteiger partial charge in [0.15, 0.2) is 18.4 Å². The minimum absolute atomic E-state index is 0.0417. The number of quaternary nitrogens is 1.